The van der Waals surface area contributed by atoms with Gasteiger partial charge in [-0.05, 0) is 37.4 Å². The second-order valence-corrected chi connectivity index (χ2v) is 8.84. The maximum Gasteiger partial charge on any atom is 0.255 e. The number of fused-ring (bicyclic) bond motifs is 1. The van der Waals surface area contributed by atoms with E-state index >= 15 is 0 Å². The lowest BCUT2D eigenvalue weighted by atomic mass is 9.95. The average molecular weight is 456 g/mol. The van der Waals surface area contributed by atoms with Crippen molar-refractivity contribution in [2.45, 2.75) is 45.7 Å². The molecule has 5 nitrogen and oxygen atoms in total. The van der Waals surface area contributed by atoms with Crippen LogP contribution in [0.25, 0.3) is 0 Å². The van der Waals surface area contributed by atoms with E-state index in [-0.39, 0.29) is 11.0 Å². The molecule has 3 rings (SSSR count). The van der Waals surface area contributed by atoms with Crippen LogP contribution in [0.2, 0.25) is 0 Å². The SMILES string of the molecule is CC(C)(C)c1nc2c(c(=O)[nH]1)CN(Cc1c(Br)cncc1Br)CC2. The van der Waals surface area contributed by atoms with Crippen LogP contribution in [-0.4, -0.2) is 26.4 Å². The Hall–Kier alpha value is -1.05. The van der Waals surface area contributed by atoms with Crippen LogP contribution in [0.15, 0.2) is 26.1 Å². The number of hydrogen-bond acceptors (Lipinski definition) is 4. The van der Waals surface area contributed by atoms with Gasteiger partial charge in [-0.25, -0.2) is 4.98 Å². The molecule has 0 atom stereocenters. The summed E-state index contributed by atoms with van der Waals surface area (Å²) in [5.41, 5.74) is 2.70. The van der Waals surface area contributed by atoms with Crippen LogP contribution in [0.5, 0.6) is 0 Å². The summed E-state index contributed by atoms with van der Waals surface area (Å²) in [5.74, 6) is 0.763. The molecule has 3 heterocycles. The predicted octanol–water partition coefficient (Wildman–Crippen LogP) is 3.55. The van der Waals surface area contributed by atoms with Gasteiger partial charge >= 0.3 is 0 Å². The summed E-state index contributed by atoms with van der Waals surface area (Å²) in [4.78, 5) is 26.6. The molecular weight excluding hydrogens is 436 g/mol. The van der Waals surface area contributed by atoms with Crippen LogP contribution in [0.1, 0.15) is 43.4 Å². The number of rotatable bonds is 2. The Morgan fingerprint density at radius 3 is 2.54 bits per heavy atom. The Labute approximate surface area is 158 Å². The molecule has 1 aliphatic rings. The molecule has 0 bridgehead atoms. The van der Waals surface area contributed by atoms with Gasteiger partial charge in [0.15, 0.2) is 0 Å². The molecule has 1 N–H and O–H groups in total. The largest absolute Gasteiger partial charge is 0.310 e. The lowest BCUT2D eigenvalue weighted by Crippen LogP contribution is -2.37. The summed E-state index contributed by atoms with van der Waals surface area (Å²) < 4.78 is 1.94. The molecule has 24 heavy (non-hydrogen) atoms. The Morgan fingerprint density at radius 2 is 1.92 bits per heavy atom. The van der Waals surface area contributed by atoms with Crippen LogP contribution in [0.3, 0.4) is 0 Å². The monoisotopic (exact) mass is 454 g/mol. The minimum absolute atomic E-state index is 0.0116. The van der Waals surface area contributed by atoms with Crippen molar-refractivity contribution in [2.75, 3.05) is 6.54 Å². The molecule has 0 fully saturated rings. The van der Waals surface area contributed by atoms with Crippen molar-refractivity contribution in [1.82, 2.24) is 19.9 Å². The zero-order valence-corrected chi connectivity index (χ0v) is 17.2. The first-order chi connectivity index (χ1) is 11.3. The summed E-state index contributed by atoms with van der Waals surface area (Å²) in [6.45, 7) is 8.43. The normalized spacial score (nSPS) is 15.4. The number of aromatic amines is 1. The van der Waals surface area contributed by atoms with Crippen LogP contribution in [0.4, 0.5) is 0 Å². The summed E-state index contributed by atoms with van der Waals surface area (Å²) >= 11 is 7.10. The number of nitrogens with one attached hydrogen (secondary N) is 1. The standard InChI is InChI=1S/C17H20Br2N4O/c1-17(2,3)16-21-14-4-5-23(9-11(14)15(24)22-16)8-10-12(18)6-20-7-13(10)19/h6-7H,4-5,8-9H2,1-3H3,(H,21,22,24). The maximum absolute atomic E-state index is 12.5. The van der Waals surface area contributed by atoms with Crippen LogP contribution >= 0.6 is 31.9 Å². The van der Waals surface area contributed by atoms with Gasteiger partial charge in [-0.15, -0.1) is 0 Å². The van der Waals surface area contributed by atoms with E-state index < -0.39 is 0 Å². The zero-order chi connectivity index (χ0) is 17.5. The van der Waals surface area contributed by atoms with Gasteiger partial charge < -0.3 is 4.98 Å². The van der Waals surface area contributed by atoms with Crippen molar-refractivity contribution in [3.63, 3.8) is 0 Å². The quantitative estimate of drug-likeness (QED) is 0.752. The summed E-state index contributed by atoms with van der Waals surface area (Å²) in [6, 6.07) is 0. The highest BCUT2D eigenvalue weighted by Crippen LogP contribution is 2.27. The van der Waals surface area contributed by atoms with Crippen LogP contribution in [0, 0.1) is 0 Å². The van der Waals surface area contributed by atoms with E-state index in [0.717, 1.165) is 51.1 Å². The summed E-state index contributed by atoms with van der Waals surface area (Å²) in [5, 5.41) is 0. The Balaban J connectivity index is 1.86. The van der Waals surface area contributed by atoms with Gasteiger partial charge in [0.2, 0.25) is 0 Å². The van der Waals surface area contributed by atoms with E-state index in [1.807, 2.05) is 0 Å². The van der Waals surface area contributed by atoms with Crippen LogP contribution < -0.4 is 5.56 Å². The average Bonchev–Trinajstić information content (AvgIpc) is 2.50. The lowest BCUT2D eigenvalue weighted by Gasteiger charge is -2.29. The molecule has 0 saturated heterocycles. The van der Waals surface area contributed by atoms with Crippen molar-refractivity contribution in [3.05, 3.63) is 54.3 Å². The molecule has 0 unspecified atom stereocenters. The zero-order valence-electron chi connectivity index (χ0n) is 14.0. The van der Waals surface area contributed by atoms with E-state index in [9.17, 15) is 4.79 Å². The molecule has 2 aromatic heterocycles. The molecule has 2 aromatic rings. The number of hydrogen-bond donors (Lipinski definition) is 1. The summed E-state index contributed by atoms with van der Waals surface area (Å²) in [6.07, 6.45) is 4.38. The molecule has 1 aliphatic heterocycles. The number of halogens is 2. The van der Waals surface area contributed by atoms with Gasteiger partial charge in [-0.2, -0.15) is 0 Å². The summed E-state index contributed by atoms with van der Waals surface area (Å²) in [7, 11) is 0. The highest BCUT2D eigenvalue weighted by atomic mass is 79.9. The van der Waals surface area contributed by atoms with Gasteiger partial charge in [0.1, 0.15) is 5.82 Å². The van der Waals surface area contributed by atoms with Crippen LogP contribution in [-0.2, 0) is 24.9 Å². The highest BCUT2D eigenvalue weighted by molar-refractivity contribution is 9.11. The Morgan fingerprint density at radius 1 is 1.25 bits per heavy atom. The van der Waals surface area contributed by atoms with Gasteiger partial charge in [0.05, 0.1) is 11.3 Å². The van der Waals surface area contributed by atoms with Gasteiger partial charge in [0.25, 0.3) is 5.56 Å². The Kier molecular flexibility index (Phi) is 4.95. The lowest BCUT2D eigenvalue weighted by molar-refractivity contribution is 0.240. The first-order valence-electron chi connectivity index (χ1n) is 7.88. The first-order valence-corrected chi connectivity index (χ1v) is 9.47. The third-order valence-corrected chi connectivity index (χ3v) is 5.56. The molecule has 7 heteroatoms. The maximum atomic E-state index is 12.5. The van der Waals surface area contributed by atoms with Gasteiger partial charge in [-0.1, -0.05) is 20.8 Å². The molecule has 0 aliphatic carbocycles. The van der Waals surface area contributed by atoms with Crippen molar-refractivity contribution < 1.29 is 0 Å². The number of nitrogens with zero attached hydrogens (tertiary/aromatic N) is 3. The van der Waals surface area contributed by atoms with Crippen molar-refractivity contribution in [1.29, 1.82) is 0 Å². The van der Waals surface area contributed by atoms with E-state index in [1.165, 1.54) is 0 Å². The van der Waals surface area contributed by atoms with Crippen molar-refractivity contribution in [3.8, 4) is 0 Å². The fourth-order valence-corrected chi connectivity index (χ4v) is 3.96. The minimum atomic E-state index is -0.155. The van der Waals surface area contributed by atoms with Crippen molar-refractivity contribution >= 4 is 31.9 Å². The van der Waals surface area contributed by atoms with Crippen molar-refractivity contribution in [2.24, 2.45) is 0 Å². The second-order valence-electron chi connectivity index (χ2n) is 7.13. The second kappa shape index (κ2) is 6.69. The highest BCUT2D eigenvalue weighted by Gasteiger charge is 2.25. The van der Waals surface area contributed by atoms with Gasteiger partial charge in [-0.3, -0.25) is 14.7 Å². The third kappa shape index (κ3) is 3.63. The molecule has 0 saturated carbocycles. The smallest absolute Gasteiger partial charge is 0.255 e. The molecule has 0 aromatic carbocycles. The number of H-pyrrole nitrogens is 1. The molecule has 0 spiro atoms. The fraction of sp³-hybridized carbons (Fsp3) is 0.471. The minimum Gasteiger partial charge on any atom is -0.310 e. The number of aromatic nitrogens is 3. The molecule has 0 amide bonds. The molecule has 128 valence electrons. The first kappa shape index (κ1) is 17.8. The topological polar surface area (TPSA) is 61.9 Å². The van der Waals surface area contributed by atoms with E-state index in [2.05, 4.69) is 67.5 Å². The molecular formula is C17H20Br2N4O. The third-order valence-electron chi connectivity index (χ3n) is 4.19. The van der Waals surface area contributed by atoms with E-state index in [4.69, 9.17) is 4.98 Å². The van der Waals surface area contributed by atoms with E-state index in [0.29, 0.717) is 6.54 Å². The molecule has 0 radical (unpaired) electrons. The number of pyridine rings is 1. The fourth-order valence-electron chi connectivity index (χ4n) is 2.78. The predicted molar refractivity (Wildman–Crippen MR) is 101 cm³/mol. The Bertz CT molecular complexity index is 806. The van der Waals surface area contributed by atoms with Gasteiger partial charge in [0, 0.05) is 52.8 Å². The van der Waals surface area contributed by atoms with E-state index in [1.54, 1.807) is 12.4 Å².